The van der Waals surface area contributed by atoms with Gasteiger partial charge < -0.3 is 9.73 Å². The minimum atomic E-state index is -0.450. The Kier molecular flexibility index (Phi) is 6.26. The van der Waals surface area contributed by atoms with Crippen LogP contribution in [0.4, 0.5) is 0 Å². The quantitative estimate of drug-likeness (QED) is 0.316. The summed E-state index contributed by atoms with van der Waals surface area (Å²) in [5.74, 6) is 0.540. The van der Waals surface area contributed by atoms with E-state index in [0.717, 1.165) is 27.3 Å². The van der Waals surface area contributed by atoms with E-state index in [0.29, 0.717) is 27.7 Å². The number of amides is 1. The molecule has 3 aromatic heterocycles. The van der Waals surface area contributed by atoms with Gasteiger partial charge in [-0.2, -0.15) is 0 Å². The van der Waals surface area contributed by atoms with Crippen LogP contribution in [0.1, 0.15) is 34.3 Å². The fourth-order valence-corrected chi connectivity index (χ4v) is 5.58. The zero-order valence-corrected chi connectivity index (χ0v) is 20.3. The first-order valence-corrected chi connectivity index (χ1v) is 12.0. The van der Waals surface area contributed by atoms with Crippen molar-refractivity contribution in [1.29, 1.82) is 0 Å². The van der Waals surface area contributed by atoms with Crippen LogP contribution in [0.15, 0.2) is 51.0 Å². The number of fused-ring (bicyclic) bond motifs is 1. The van der Waals surface area contributed by atoms with Gasteiger partial charge in [0, 0.05) is 4.88 Å². The van der Waals surface area contributed by atoms with Gasteiger partial charge in [0.1, 0.15) is 10.6 Å². The number of rotatable bonds is 6. The van der Waals surface area contributed by atoms with Crippen LogP contribution in [-0.4, -0.2) is 20.7 Å². The lowest BCUT2D eigenvalue weighted by atomic mass is 10.1. The van der Waals surface area contributed by atoms with Gasteiger partial charge in [-0.3, -0.25) is 14.2 Å². The molecule has 0 aliphatic rings. The second kappa shape index (κ2) is 8.96. The molecule has 1 amide bonds. The number of aryl methyl sites for hydroxylation is 4. The maximum absolute atomic E-state index is 13.7. The van der Waals surface area contributed by atoms with E-state index in [4.69, 9.17) is 9.40 Å². The number of carbonyl (C=O) groups excluding carboxylic acids is 1. The summed E-state index contributed by atoms with van der Waals surface area (Å²) in [5.41, 5.74) is 3.74. The monoisotopic (exact) mass is 467 g/mol. The Labute approximate surface area is 194 Å². The molecule has 4 rings (SSSR count). The van der Waals surface area contributed by atoms with Gasteiger partial charge in [-0.25, -0.2) is 4.98 Å². The first-order chi connectivity index (χ1) is 15.3. The average Bonchev–Trinajstić information content (AvgIpc) is 3.35. The SMILES string of the molecule is Cc1ccc(-n2c(SC(C)C(=O)NCc3ccco3)nc3sc(C)c(C)c3c2=O)c(C)c1. The van der Waals surface area contributed by atoms with E-state index in [1.165, 1.54) is 23.1 Å². The smallest absolute Gasteiger partial charge is 0.267 e. The summed E-state index contributed by atoms with van der Waals surface area (Å²) in [6.45, 7) is 10.1. The van der Waals surface area contributed by atoms with E-state index in [9.17, 15) is 9.59 Å². The van der Waals surface area contributed by atoms with Crippen LogP contribution in [0.25, 0.3) is 15.9 Å². The summed E-state index contributed by atoms with van der Waals surface area (Å²) in [6, 6.07) is 9.57. The molecular formula is C24H25N3O3S2. The number of carbonyl (C=O) groups is 1. The van der Waals surface area contributed by atoms with E-state index in [-0.39, 0.29) is 11.5 Å². The standard InChI is InChI=1S/C24H25N3O3S2/c1-13-8-9-19(14(2)11-13)27-23(29)20-15(3)16(4)31-22(20)26-24(27)32-17(5)21(28)25-12-18-7-6-10-30-18/h6-11,17H,12H2,1-5H3,(H,25,28). The number of aromatic nitrogens is 2. The second-order valence-electron chi connectivity index (χ2n) is 7.85. The van der Waals surface area contributed by atoms with Crippen molar-refractivity contribution in [2.24, 2.45) is 0 Å². The molecule has 0 saturated heterocycles. The van der Waals surface area contributed by atoms with E-state index in [1.807, 2.05) is 58.9 Å². The van der Waals surface area contributed by atoms with Gasteiger partial charge in [0.25, 0.3) is 5.56 Å². The maximum Gasteiger partial charge on any atom is 0.267 e. The second-order valence-corrected chi connectivity index (χ2v) is 10.4. The van der Waals surface area contributed by atoms with Crippen LogP contribution >= 0.6 is 23.1 Å². The van der Waals surface area contributed by atoms with Crippen molar-refractivity contribution in [1.82, 2.24) is 14.9 Å². The van der Waals surface area contributed by atoms with Crippen LogP contribution in [0.3, 0.4) is 0 Å². The van der Waals surface area contributed by atoms with Crippen molar-refractivity contribution in [2.45, 2.75) is 51.6 Å². The third-order valence-corrected chi connectivity index (χ3v) is 7.59. The molecule has 8 heteroatoms. The Morgan fingerprint density at radius 2 is 2.03 bits per heavy atom. The summed E-state index contributed by atoms with van der Waals surface area (Å²) in [7, 11) is 0. The zero-order valence-electron chi connectivity index (χ0n) is 18.7. The molecule has 0 fully saturated rings. The number of hydrogen-bond donors (Lipinski definition) is 1. The van der Waals surface area contributed by atoms with Gasteiger partial charge in [0.15, 0.2) is 5.16 Å². The Hall–Kier alpha value is -2.84. The molecule has 0 aliphatic heterocycles. The fourth-order valence-electron chi connectivity index (χ4n) is 3.57. The molecule has 1 aromatic carbocycles. The number of benzene rings is 1. The van der Waals surface area contributed by atoms with Crippen molar-refractivity contribution in [2.75, 3.05) is 0 Å². The molecule has 1 unspecified atom stereocenters. The van der Waals surface area contributed by atoms with Crippen LogP contribution in [0.5, 0.6) is 0 Å². The Balaban J connectivity index is 1.75. The highest BCUT2D eigenvalue weighted by atomic mass is 32.2. The van der Waals surface area contributed by atoms with Crippen molar-refractivity contribution in [3.8, 4) is 5.69 Å². The summed E-state index contributed by atoms with van der Waals surface area (Å²) < 4.78 is 6.93. The normalized spacial score (nSPS) is 12.3. The number of nitrogens with zero attached hydrogens (tertiary/aromatic N) is 2. The number of furan rings is 1. The van der Waals surface area contributed by atoms with Gasteiger partial charge in [-0.15, -0.1) is 11.3 Å². The number of thiophene rings is 1. The summed E-state index contributed by atoms with van der Waals surface area (Å²) in [6.07, 6.45) is 1.58. The molecule has 0 radical (unpaired) electrons. The molecule has 166 valence electrons. The third kappa shape index (κ3) is 4.25. The number of nitrogens with one attached hydrogen (secondary N) is 1. The lowest BCUT2D eigenvalue weighted by molar-refractivity contribution is -0.120. The van der Waals surface area contributed by atoms with E-state index < -0.39 is 5.25 Å². The van der Waals surface area contributed by atoms with Crippen LogP contribution < -0.4 is 10.9 Å². The Bertz CT molecular complexity index is 1350. The molecule has 0 aliphatic carbocycles. The predicted octanol–water partition coefficient (Wildman–Crippen LogP) is 5.07. The molecule has 0 saturated carbocycles. The Morgan fingerprint density at radius 1 is 1.25 bits per heavy atom. The Morgan fingerprint density at radius 3 is 2.72 bits per heavy atom. The molecule has 1 N–H and O–H groups in total. The largest absolute Gasteiger partial charge is 0.467 e. The number of hydrogen-bond acceptors (Lipinski definition) is 6. The molecule has 4 aromatic rings. The third-order valence-electron chi connectivity index (χ3n) is 5.43. The van der Waals surface area contributed by atoms with Gasteiger partial charge in [0.2, 0.25) is 5.91 Å². The summed E-state index contributed by atoms with van der Waals surface area (Å²) in [5, 5.41) is 3.59. The summed E-state index contributed by atoms with van der Waals surface area (Å²) in [4.78, 5) is 33.0. The molecule has 0 spiro atoms. The molecule has 6 nitrogen and oxygen atoms in total. The predicted molar refractivity (Wildman–Crippen MR) is 130 cm³/mol. The zero-order chi connectivity index (χ0) is 23.0. The summed E-state index contributed by atoms with van der Waals surface area (Å²) >= 11 is 2.79. The van der Waals surface area contributed by atoms with E-state index in [1.54, 1.807) is 16.9 Å². The van der Waals surface area contributed by atoms with Crippen LogP contribution in [0.2, 0.25) is 0 Å². The van der Waals surface area contributed by atoms with Crippen molar-refractivity contribution >= 4 is 39.2 Å². The van der Waals surface area contributed by atoms with Crippen molar-refractivity contribution in [3.63, 3.8) is 0 Å². The highest BCUT2D eigenvalue weighted by molar-refractivity contribution is 8.00. The van der Waals surface area contributed by atoms with Gasteiger partial charge in [-0.1, -0.05) is 29.5 Å². The maximum atomic E-state index is 13.7. The lowest BCUT2D eigenvalue weighted by Crippen LogP contribution is -2.31. The molecule has 0 bridgehead atoms. The highest BCUT2D eigenvalue weighted by Gasteiger charge is 2.23. The number of thioether (sulfide) groups is 1. The molecule has 3 heterocycles. The minimum Gasteiger partial charge on any atom is -0.467 e. The fraction of sp³-hybridized carbons (Fsp3) is 0.292. The van der Waals surface area contributed by atoms with Crippen LogP contribution in [0, 0.1) is 27.7 Å². The van der Waals surface area contributed by atoms with Crippen LogP contribution in [-0.2, 0) is 11.3 Å². The molecule has 32 heavy (non-hydrogen) atoms. The lowest BCUT2D eigenvalue weighted by Gasteiger charge is -2.17. The van der Waals surface area contributed by atoms with Crippen molar-refractivity contribution < 1.29 is 9.21 Å². The minimum absolute atomic E-state index is 0.102. The van der Waals surface area contributed by atoms with E-state index >= 15 is 0 Å². The highest BCUT2D eigenvalue weighted by Crippen LogP contribution is 2.31. The first-order valence-electron chi connectivity index (χ1n) is 10.3. The van der Waals surface area contributed by atoms with E-state index in [2.05, 4.69) is 5.32 Å². The molecular weight excluding hydrogens is 442 g/mol. The van der Waals surface area contributed by atoms with Gasteiger partial charge in [-0.05, 0) is 63.9 Å². The van der Waals surface area contributed by atoms with Gasteiger partial charge in [0.05, 0.1) is 29.1 Å². The first kappa shape index (κ1) is 22.4. The average molecular weight is 468 g/mol. The van der Waals surface area contributed by atoms with Crippen molar-refractivity contribution in [3.05, 3.63) is 74.3 Å². The van der Waals surface area contributed by atoms with Gasteiger partial charge >= 0.3 is 0 Å². The molecule has 1 atom stereocenters. The topological polar surface area (TPSA) is 77.1 Å².